The summed E-state index contributed by atoms with van der Waals surface area (Å²) in [5.41, 5.74) is 0. The molecule has 0 spiro atoms. The van der Waals surface area contributed by atoms with Gasteiger partial charge >= 0.3 is 5.97 Å². The number of carbonyl (C=O) groups excluding carboxylic acids is 1. The summed E-state index contributed by atoms with van der Waals surface area (Å²) in [6, 6.07) is -0.226. The maximum absolute atomic E-state index is 11.9. The standard InChI is InChI=1S/C12H22N2O3/c1-3-4-10(7-11(15)16)13-12(17)9-5-6-14(2)8-9/h9-10H,3-8H2,1-2H3,(H,13,17)(H,15,16). The fourth-order valence-corrected chi connectivity index (χ4v) is 2.25. The van der Waals surface area contributed by atoms with E-state index >= 15 is 0 Å². The number of carboxylic acid groups (broad SMARTS) is 1. The second-order valence-electron chi connectivity index (χ2n) is 4.84. The van der Waals surface area contributed by atoms with Crippen molar-refractivity contribution in [2.24, 2.45) is 5.92 Å². The number of nitrogens with zero attached hydrogens (tertiary/aromatic N) is 1. The number of carbonyl (C=O) groups is 2. The van der Waals surface area contributed by atoms with Crippen LogP contribution in [-0.2, 0) is 9.59 Å². The molecule has 1 aliphatic heterocycles. The molecule has 1 saturated heterocycles. The molecule has 1 fully saturated rings. The molecule has 1 amide bonds. The highest BCUT2D eigenvalue weighted by Crippen LogP contribution is 2.15. The quantitative estimate of drug-likeness (QED) is 0.719. The van der Waals surface area contributed by atoms with E-state index < -0.39 is 5.97 Å². The van der Waals surface area contributed by atoms with Crippen LogP contribution in [0, 0.1) is 5.92 Å². The molecular weight excluding hydrogens is 220 g/mol. The molecule has 0 saturated carbocycles. The Bertz CT molecular complexity index is 281. The van der Waals surface area contributed by atoms with Crippen molar-refractivity contribution in [1.82, 2.24) is 10.2 Å². The summed E-state index contributed by atoms with van der Waals surface area (Å²) in [5.74, 6) is -0.825. The number of hydrogen-bond donors (Lipinski definition) is 2. The molecule has 2 N–H and O–H groups in total. The van der Waals surface area contributed by atoms with Gasteiger partial charge in [0.25, 0.3) is 0 Å². The number of rotatable bonds is 6. The van der Waals surface area contributed by atoms with Gasteiger partial charge < -0.3 is 15.3 Å². The first-order valence-corrected chi connectivity index (χ1v) is 6.23. The third kappa shape index (κ3) is 4.73. The molecule has 0 radical (unpaired) electrons. The minimum absolute atomic E-state index is 0.00838. The van der Waals surface area contributed by atoms with E-state index in [-0.39, 0.29) is 24.3 Å². The van der Waals surface area contributed by atoms with Gasteiger partial charge in [-0.2, -0.15) is 0 Å². The molecule has 0 aromatic heterocycles. The second kappa shape index (κ2) is 6.59. The van der Waals surface area contributed by atoms with Crippen LogP contribution in [0.25, 0.3) is 0 Å². The fraction of sp³-hybridized carbons (Fsp3) is 0.833. The van der Waals surface area contributed by atoms with E-state index in [1.165, 1.54) is 0 Å². The van der Waals surface area contributed by atoms with Crippen LogP contribution in [0.2, 0.25) is 0 Å². The Morgan fingerprint density at radius 2 is 2.24 bits per heavy atom. The number of carboxylic acids is 1. The third-order valence-electron chi connectivity index (χ3n) is 3.17. The maximum atomic E-state index is 11.9. The van der Waals surface area contributed by atoms with Crippen molar-refractivity contribution >= 4 is 11.9 Å². The Kier molecular flexibility index (Phi) is 5.41. The number of amides is 1. The molecule has 1 heterocycles. The van der Waals surface area contributed by atoms with Crippen molar-refractivity contribution in [2.75, 3.05) is 20.1 Å². The molecule has 0 bridgehead atoms. The van der Waals surface area contributed by atoms with Crippen molar-refractivity contribution in [1.29, 1.82) is 0 Å². The Labute approximate surface area is 102 Å². The lowest BCUT2D eigenvalue weighted by Gasteiger charge is -2.18. The van der Waals surface area contributed by atoms with E-state index in [1.54, 1.807) is 0 Å². The smallest absolute Gasteiger partial charge is 0.305 e. The van der Waals surface area contributed by atoms with Gasteiger partial charge in [-0.1, -0.05) is 13.3 Å². The van der Waals surface area contributed by atoms with Gasteiger partial charge in [0.15, 0.2) is 0 Å². The van der Waals surface area contributed by atoms with E-state index in [0.29, 0.717) is 0 Å². The van der Waals surface area contributed by atoms with Crippen molar-refractivity contribution in [3.8, 4) is 0 Å². The number of aliphatic carboxylic acids is 1. The molecule has 2 unspecified atom stereocenters. The number of likely N-dealkylation sites (tertiary alicyclic amines) is 1. The van der Waals surface area contributed by atoms with Crippen LogP contribution in [-0.4, -0.2) is 48.1 Å². The van der Waals surface area contributed by atoms with E-state index in [0.717, 1.165) is 32.4 Å². The summed E-state index contributed by atoms with van der Waals surface area (Å²) in [6.07, 6.45) is 2.49. The number of nitrogens with one attached hydrogen (secondary N) is 1. The lowest BCUT2D eigenvalue weighted by atomic mass is 10.0. The van der Waals surface area contributed by atoms with E-state index in [1.807, 2.05) is 14.0 Å². The molecule has 98 valence electrons. The van der Waals surface area contributed by atoms with Gasteiger partial charge in [-0.05, 0) is 26.4 Å². The summed E-state index contributed by atoms with van der Waals surface area (Å²) in [5, 5.41) is 11.6. The largest absolute Gasteiger partial charge is 0.481 e. The van der Waals surface area contributed by atoms with Gasteiger partial charge in [-0.15, -0.1) is 0 Å². The second-order valence-corrected chi connectivity index (χ2v) is 4.84. The van der Waals surface area contributed by atoms with Crippen molar-refractivity contribution < 1.29 is 14.7 Å². The van der Waals surface area contributed by atoms with Crippen molar-refractivity contribution in [3.05, 3.63) is 0 Å². The Morgan fingerprint density at radius 3 is 2.71 bits per heavy atom. The van der Waals surface area contributed by atoms with Crippen molar-refractivity contribution in [3.63, 3.8) is 0 Å². The van der Waals surface area contributed by atoms with Gasteiger partial charge in [0, 0.05) is 12.6 Å². The molecule has 0 aromatic carbocycles. The Morgan fingerprint density at radius 1 is 1.53 bits per heavy atom. The first kappa shape index (κ1) is 14.0. The lowest BCUT2D eigenvalue weighted by molar-refractivity contribution is -0.137. The average Bonchev–Trinajstić information content (AvgIpc) is 2.64. The van der Waals surface area contributed by atoms with Crippen LogP contribution >= 0.6 is 0 Å². The fourth-order valence-electron chi connectivity index (χ4n) is 2.25. The predicted molar refractivity (Wildman–Crippen MR) is 64.7 cm³/mol. The normalized spacial score (nSPS) is 22.4. The maximum Gasteiger partial charge on any atom is 0.305 e. The van der Waals surface area contributed by atoms with Crippen LogP contribution in [0.3, 0.4) is 0 Å². The molecule has 1 aliphatic rings. The SMILES string of the molecule is CCCC(CC(=O)O)NC(=O)C1CCN(C)C1. The molecule has 0 aliphatic carbocycles. The molecule has 1 rings (SSSR count). The summed E-state index contributed by atoms with van der Waals surface area (Å²) >= 11 is 0. The summed E-state index contributed by atoms with van der Waals surface area (Å²) in [6.45, 7) is 3.71. The van der Waals surface area contributed by atoms with Crippen molar-refractivity contribution in [2.45, 2.75) is 38.6 Å². The monoisotopic (exact) mass is 242 g/mol. The highest BCUT2D eigenvalue weighted by Gasteiger charge is 2.27. The van der Waals surface area contributed by atoms with Crippen LogP contribution in [0.4, 0.5) is 0 Å². The van der Waals surface area contributed by atoms with Crippen LogP contribution in [0.1, 0.15) is 32.6 Å². The first-order chi connectivity index (χ1) is 8.02. The summed E-state index contributed by atoms with van der Waals surface area (Å²) in [7, 11) is 1.99. The number of hydrogen-bond acceptors (Lipinski definition) is 3. The zero-order valence-electron chi connectivity index (χ0n) is 10.6. The minimum atomic E-state index is -0.854. The van der Waals surface area contributed by atoms with Crippen LogP contribution in [0.15, 0.2) is 0 Å². The molecule has 17 heavy (non-hydrogen) atoms. The molecule has 2 atom stereocenters. The highest BCUT2D eigenvalue weighted by atomic mass is 16.4. The van der Waals surface area contributed by atoms with Gasteiger partial charge in [0.1, 0.15) is 0 Å². The van der Waals surface area contributed by atoms with E-state index in [4.69, 9.17) is 5.11 Å². The molecule has 0 aromatic rings. The van der Waals surface area contributed by atoms with Gasteiger partial charge in [-0.3, -0.25) is 9.59 Å². The van der Waals surface area contributed by atoms with Crippen LogP contribution in [0.5, 0.6) is 0 Å². The summed E-state index contributed by atoms with van der Waals surface area (Å²) < 4.78 is 0. The van der Waals surface area contributed by atoms with E-state index in [2.05, 4.69) is 10.2 Å². The highest BCUT2D eigenvalue weighted by molar-refractivity contribution is 5.80. The van der Waals surface area contributed by atoms with Crippen LogP contribution < -0.4 is 5.32 Å². The van der Waals surface area contributed by atoms with Gasteiger partial charge in [-0.25, -0.2) is 0 Å². The lowest BCUT2D eigenvalue weighted by Crippen LogP contribution is -2.40. The molecule has 5 heteroatoms. The zero-order chi connectivity index (χ0) is 12.8. The Hall–Kier alpha value is -1.10. The third-order valence-corrected chi connectivity index (χ3v) is 3.17. The predicted octanol–water partition coefficient (Wildman–Crippen LogP) is 0.698. The zero-order valence-corrected chi connectivity index (χ0v) is 10.6. The van der Waals surface area contributed by atoms with Gasteiger partial charge in [0.05, 0.1) is 12.3 Å². The molecular formula is C12H22N2O3. The average molecular weight is 242 g/mol. The van der Waals surface area contributed by atoms with Gasteiger partial charge in [0.2, 0.25) is 5.91 Å². The molecule has 5 nitrogen and oxygen atoms in total. The Balaban J connectivity index is 2.42. The van der Waals surface area contributed by atoms with E-state index in [9.17, 15) is 9.59 Å². The summed E-state index contributed by atoms with van der Waals surface area (Å²) in [4.78, 5) is 24.7. The first-order valence-electron chi connectivity index (χ1n) is 6.23. The minimum Gasteiger partial charge on any atom is -0.481 e. The topological polar surface area (TPSA) is 69.6 Å².